The first kappa shape index (κ1) is 46.9. The number of furan rings is 1. The van der Waals surface area contributed by atoms with Crippen molar-refractivity contribution in [3.05, 3.63) is 42.5 Å². The van der Waals surface area contributed by atoms with Crippen LogP contribution < -0.4 is 115 Å². The van der Waals surface area contributed by atoms with E-state index in [1.165, 1.54) is 191 Å². The minimum Gasteiger partial charge on any atom is -0.456 e. The molecule has 0 aliphatic heterocycles. The first-order chi connectivity index (χ1) is 32.1. The maximum atomic E-state index is 6.49. The third kappa shape index (κ3) is 6.06. The number of hydrogen-bond acceptors (Lipinski definition) is 1. The molecule has 1 nitrogen and oxygen atoms in total. The van der Waals surface area contributed by atoms with E-state index in [-0.39, 0.29) is 0 Å². The van der Waals surface area contributed by atoms with Gasteiger partial charge in [0.15, 0.2) is 0 Å². The molecule has 0 spiro atoms. The van der Waals surface area contributed by atoms with Gasteiger partial charge in [0, 0.05) is 10.8 Å². The van der Waals surface area contributed by atoms with Crippen molar-refractivity contribution in [1.82, 2.24) is 0 Å². The molecule has 0 amide bonds. The summed E-state index contributed by atoms with van der Waals surface area (Å²) in [5, 5.41) is 13.7. The molecule has 0 saturated carbocycles. The Labute approximate surface area is 422 Å². The molecule has 0 aliphatic carbocycles. The van der Waals surface area contributed by atoms with Gasteiger partial charge in [-0.15, -0.1) is 43.7 Å². The largest absolute Gasteiger partial charge is 0.456 e. The molecule has 0 aliphatic rings. The Morgan fingerprint density at radius 2 is 0.544 bits per heavy atom. The van der Waals surface area contributed by atoms with E-state index in [0.29, 0.717) is 0 Å². The standard InChI is InChI=1S/C46H49B21O/c47-26-16(21-22(34(55)44(65)43(64)33(21)54)23-25(26)38(59)46(67)45(66)35(23)56)14-17-19(31(52)41(62)39(60)29(17)50)15(20-18(14)30(51)40(61)42(63)32(20)53)24-36(57)27(48)13(28(49)37(24)58)8-5-6-10-9-3-1-2-4-11(9)68-12(10)7-8/h1-7H,47-67H2. The van der Waals surface area contributed by atoms with Gasteiger partial charge < -0.3 is 4.42 Å². The van der Waals surface area contributed by atoms with Gasteiger partial charge in [0.05, 0.1) is 0 Å². The lowest BCUT2D eigenvalue weighted by molar-refractivity contribution is 0.669. The van der Waals surface area contributed by atoms with Crippen LogP contribution in [0.1, 0.15) is 0 Å². The van der Waals surface area contributed by atoms with Gasteiger partial charge in [0.2, 0.25) is 0 Å². The fraction of sp³-hybridized carbons (Fsp3) is 0. The Balaban J connectivity index is 1.47. The van der Waals surface area contributed by atoms with Crippen LogP contribution in [0.3, 0.4) is 0 Å². The van der Waals surface area contributed by atoms with Crippen LogP contribution in [-0.2, 0) is 0 Å². The quantitative estimate of drug-likeness (QED) is 0.0981. The molecule has 0 saturated heterocycles. The van der Waals surface area contributed by atoms with Crippen molar-refractivity contribution in [3.63, 3.8) is 0 Å². The summed E-state index contributed by atoms with van der Waals surface area (Å²) in [4.78, 5) is 0. The highest BCUT2D eigenvalue weighted by Gasteiger charge is 2.31. The van der Waals surface area contributed by atoms with E-state index in [1.54, 1.807) is 0 Å². The van der Waals surface area contributed by atoms with Crippen LogP contribution in [0.2, 0.25) is 0 Å². The summed E-state index contributed by atoms with van der Waals surface area (Å²) >= 11 is 0. The van der Waals surface area contributed by atoms with E-state index < -0.39 is 0 Å². The van der Waals surface area contributed by atoms with E-state index >= 15 is 0 Å². The molecule has 0 N–H and O–H groups in total. The maximum Gasteiger partial charge on any atom is 0.140 e. The summed E-state index contributed by atoms with van der Waals surface area (Å²) in [6.45, 7) is 0. The predicted octanol–water partition coefficient (Wildman–Crippen LogP) is -23.4. The molecule has 10 rings (SSSR count). The minimum absolute atomic E-state index is 0.934. The van der Waals surface area contributed by atoms with Crippen molar-refractivity contribution in [1.29, 1.82) is 0 Å². The zero-order chi connectivity index (χ0) is 49.2. The van der Waals surface area contributed by atoms with Gasteiger partial charge in [-0.05, 0) is 94.7 Å². The third-order valence-corrected chi connectivity index (χ3v) is 18.8. The molecular formula is C46H49B21O. The Morgan fingerprint density at radius 1 is 0.221 bits per heavy atom. The molecule has 22 heteroatoms. The number of fused-ring (bicyclic) bond motifs is 8. The smallest absolute Gasteiger partial charge is 0.140 e. The van der Waals surface area contributed by atoms with Crippen molar-refractivity contribution in [2.45, 2.75) is 0 Å². The molecule has 302 valence electrons. The van der Waals surface area contributed by atoms with Crippen molar-refractivity contribution in [2.24, 2.45) is 0 Å². The third-order valence-electron chi connectivity index (χ3n) is 18.8. The summed E-state index contributed by atoms with van der Waals surface area (Å²) in [5.74, 6) is 0. The summed E-state index contributed by atoms with van der Waals surface area (Å²) in [5.41, 5.74) is 39.0. The van der Waals surface area contributed by atoms with E-state index in [1.807, 2.05) is 0 Å². The van der Waals surface area contributed by atoms with Crippen molar-refractivity contribution < 1.29 is 4.42 Å². The van der Waals surface area contributed by atoms with Crippen LogP contribution in [0, 0.1) is 0 Å². The van der Waals surface area contributed by atoms with Crippen LogP contribution in [0.4, 0.5) is 0 Å². The average molecular weight is 845 g/mol. The van der Waals surface area contributed by atoms with E-state index in [4.69, 9.17) is 4.42 Å². The molecule has 0 fully saturated rings. The van der Waals surface area contributed by atoms with Crippen molar-refractivity contribution in [2.75, 3.05) is 0 Å². The topological polar surface area (TPSA) is 13.1 Å². The second-order valence-electron chi connectivity index (χ2n) is 21.3. The van der Waals surface area contributed by atoms with Crippen LogP contribution in [0.25, 0.3) is 98.4 Å². The lowest BCUT2D eigenvalue weighted by atomic mass is 9.56. The minimum atomic E-state index is 0.934. The van der Waals surface area contributed by atoms with Crippen LogP contribution in [0.15, 0.2) is 46.9 Å². The molecule has 0 atom stereocenters. The van der Waals surface area contributed by atoms with Gasteiger partial charge in [0.1, 0.15) is 176 Å². The molecule has 1 heterocycles. The highest BCUT2D eigenvalue weighted by Crippen LogP contribution is 2.42. The molecule has 68 heavy (non-hydrogen) atoms. The number of hydrogen-bond donors (Lipinski definition) is 0. The monoisotopic (exact) mass is 849 g/mol. The van der Waals surface area contributed by atoms with Crippen molar-refractivity contribution >= 4 is 345 Å². The second-order valence-corrected chi connectivity index (χ2v) is 21.3. The molecule has 9 aromatic carbocycles. The maximum absolute atomic E-state index is 6.49. The Kier molecular flexibility index (Phi) is 11.1. The van der Waals surface area contributed by atoms with Gasteiger partial charge >= 0.3 is 0 Å². The first-order valence-corrected chi connectivity index (χ1v) is 25.0. The molecule has 10 aromatic rings. The Morgan fingerprint density at radius 3 is 0.985 bits per heavy atom. The molecule has 0 unspecified atom stereocenters. The summed E-state index contributed by atoms with van der Waals surface area (Å²) in [6.07, 6.45) is 0. The second kappa shape index (κ2) is 16.1. The SMILES string of the molecule is Bc1c(B)c(-c2c3c(B)c(B)c(B)c(B)c3c(-c3c(B)c4c(B)c(B)c(B)c(B)c4c4c(B)c(B)c(B)c(B)c34)c3c(B)c(B)c(B)c(B)c23)c(B)c(B)c1-c1ccc2c(c1)oc1ccccc12. The van der Waals surface area contributed by atoms with Gasteiger partial charge in [-0.2, -0.15) is 0 Å². The number of benzene rings is 9. The fourth-order valence-corrected chi connectivity index (χ4v) is 13.3. The molecular weight excluding hydrogens is 796 g/mol. The molecule has 0 radical (unpaired) electrons. The van der Waals surface area contributed by atoms with Crippen molar-refractivity contribution in [3.8, 4) is 33.4 Å². The van der Waals surface area contributed by atoms with Crippen LogP contribution in [0.5, 0.6) is 0 Å². The first-order valence-electron chi connectivity index (χ1n) is 25.0. The summed E-state index contributed by atoms with van der Waals surface area (Å²) in [6, 6.07) is 15.2. The number of para-hydroxylation sites is 1. The Hall–Kier alpha value is -4.82. The van der Waals surface area contributed by atoms with Gasteiger partial charge in [-0.25, -0.2) is 0 Å². The van der Waals surface area contributed by atoms with Crippen LogP contribution in [-0.4, -0.2) is 165 Å². The van der Waals surface area contributed by atoms with E-state index in [2.05, 4.69) is 207 Å². The lowest BCUT2D eigenvalue weighted by Crippen LogP contribution is -2.52. The zero-order valence-electron chi connectivity index (χ0n) is 44.9. The van der Waals surface area contributed by atoms with Gasteiger partial charge in [0.25, 0.3) is 0 Å². The lowest BCUT2D eigenvalue weighted by Gasteiger charge is -2.33. The Bertz CT molecular complexity index is 3930. The predicted molar refractivity (Wildman–Crippen MR) is 372 cm³/mol. The van der Waals surface area contributed by atoms with Gasteiger partial charge in [-0.1, -0.05) is 95.3 Å². The summed E-state index contributed by atoms with van der Waals surface area (Å²) < 4.78 is 6.49. The van der Waals surface area contributed by atoms with E-state index in [0.717, 1.165) is 21.9 Å². The molecule has 1 aromatic heterocycles. The molecule has 0 bridgehead atoms. The van der Waals surface area contributed by atoms with Gasteiger partial charge in [-0.3, -0.25) is 0 Å². The fourth-order valence-electron chi connectivity index (χ4n) is 13.3. The highest BCUT2D eigenvalue weighted by atomic mass is 16.3. The zero-order valence-corrected chi connectivity index (χ0v) is 44.9. The van der Waals surface area contributed by atoms with E-state index in [9.17, 15) is 0 Å². The highest BCUT2D eigenvalue weighted by molar-refractivity contribution is 6.76. The normalized spacial score (nSPS) is 11.9. The van der Waals surface area contributed by atoms with Crippen LogP contribution >= 0.6 is 0 Å². The summed E-state index contributed by atoms with van der Waals surface area (Å²) in [7, 11) is 50.1. The average Bonchev–Trinajstić information content (AvgIpc) is 3.70. The number of rotatable bonds is 3.